The molecule has 0 radical (unpaired) electrons. The third kappa shape index (κ3) is 5.62. The second kappa shape index (κ2) is 10.2. The first-order valence-electron chi connectivity index (χ1n) is 9.59. The molecule has 31 heavy (non-hydrogen) atoms. The lowest BCUT2D eigenvalue weighted by Crippen LogP contribution is -2.18. The molecule has 0 aliphatic carbocycles. The number of tetrazole rings is 1. The summed E-state index contributed by atoms with van der Waals surface area (Å²) in [5.41, 5.74) is 3.66. The number of hydrogen-bond acceptors (Lipinski definition) is 7. The number of hydrogen-bond donors (Lipinski definition) is 1. The quantitative estimate of drug-likeness (QED) is 0.292. The minimum Gasteiger partial charge on any atom is -0.310 e. The Bertz CT molecular complexity index is 1150. The molecule has 0 aliphatic rings. The molecule has 0 saturated carbocycles. The first-order valence-corrected chi connectivity index (χ1v) is 11.3. The van der Waals surface area contributed by atoms with Crippen LogP contribution in [0.2, 0.25) is 10.0 Å². The predicted octanol–water partition coefficient (Wildman–Crippen LogP) is 3.71. The molecular weight excluding hydrogens is 455 g/mol. The first-order chi connectivity index (χ1) is 15.1. The van der Waals surface area contributed by atoms with E-state index >= 15 is 0 Å². The van der Waals surface area contributed by atoms with E-state index in [2.05, 4.69) is 20.8 Å². The Labute approximate surface area is 193 Å². The Balaban J connectivity index is 1.45. The SMILES string of the molecule is Cn1nnnc1SCCNCc1nn(Cc2ccc(Cl)cc2Cl)nc1-c1ccccc1. The molecule has 2 aromatic carbocycles. The van der Waals surface area contributed by atoms with E-state index in [1.807, 2.05) is 49.5 Å². The van der Waals surface area contributed by atoms with Crippen molar-refractivity contribution >= 4 is 35.0 Å². The number of thioether (sulfide) groups is 1. The number of nitrogens with one attached hydrogen (secondary N) is 1. The Kier molecular flexibility index (Phi) is 7.18. The number of benzene rings is 2. The van der Waals surface area contributed by atoms with Crippen molar-refractivity contribution in [2.45, 2.75) is 18.2 Å². The molecule has 8 nitrogen and oxygen atoms in total. The molecular formula is C20H20Cl2N8S. The van der Waals surface area contributed by atoms with Gasteiger partial charge in [0.05, 0.1) is 6.54 Å². The number of nitrogens with zero attached hydrogens (tertiary/aromatic N) is 7. The van der Waals surface area contributed by atoms with E-state index < -0.39 is 0 Å². The van der Waals surface area contributed by atoms with Gasteiger partial charge in [-0.2, -0.15) is 15.0 Å². The summed E-state index contributed by atoms with van der Waals surface area (Å²) in [5, 5.41) is 26.3. The second-order valence-corrected chi connectivity index (χ2v) is 8.64. The molecule has 2 aromatic heterocycles. The van der Waals surface area contributed by atoms with Gasteiger partial charge in [-0.3, -0.25) is 0 Å². The van der Waals surface area contributed by atoms with Crippen LogP contribution in [0.5, 0.6) is 0 Å². The summed E-state index contributed by atoms with van der Waals surface area (Å²) in [6.45, 7) is 1.84. The average Bonchev–Trinajstić information content (AvgIpc) is 3.36. The molecule has 4 rings (SSSR count). The third-order valence-electron chi connectivity index (χ3n) is 4.48. The van der Waals surface area contributed by atoms with Crippen molar-refractivity contribution in [2.24, 2.45) is 7.05 Å². The highest BCUT2D eigenvalue weighted by Gasteiger charge is 2.14. The minimum absolute atomic E-state index is 0.463. The van der Waals surface area contributed by atoms with Crippen LogP contribution in [-0.4, -0.2) is 47.5 Å². The van der Waals surface area contributed by atoms with Crippen LogP contribution in [0.1, 0.15) is 11.3 Å². The van der Waals surface area contributed by atoms with Gasteiger partial charge >= 0.3 is 0 Å². The Morgan fingerprint density at radius 2 is 1.90 bits per heavy atom. The second-order valence-electron chi connectivity index (χ2n) is 6.74. The molecule has 11 heteroatoms. The van der Waals surface area contributed by atoms with E-state index in [0.29, 0.717) is 23.1 Å². The zero-order valence-corrected chi connectivity index (χ0v) is 19.1. The van der Waals surface area contributed by atoms with Gasteiger partial charge in [-0.1, -0.05) is 71.4 Å². The van der Waals surface area contributed by atoms with Gasteiger partial charge in [0.25, 0.3) is 0 Å². The van der Waals surface area contributed by atoms with E-state index in [0.717, 1.165) is 40.0 Å². The van der Waals surface area contributed by atoms with Crippen LogP contribution < -0.4 is 5.32 Å². The Morgan fingerprint density at radius 3 is 2.65 bits per heavy atom. The standard InChI is InChI=1S/C20H20Cl2N8S/c1-29-20(24-27-28-29)31-10-9-23-12-18-19(14-5-3-2-4-6-14)26-30(25-18)13-15-7-8-16(21)11-17(15)22/h2-8,11,23H,9-10,12-13H2,1H3. The Morgan fingerprint density at radius 1 is 1.06 bits per heavy atom. The van der Waals surface area contributed by atoms with Crippen LogP contribution >= 0.6 is 35.0 Å². The molecule has 0 bridgehead atoms. The fraction of sp³-hybridized carbons (Fsp3) is 0.250. The van der Waals surface area contributed by atoms with Crippen LogP contribution in [0, 0.1) is 0 Å². The number of aromatic nitrogens is 7. The monoisotopic (exact) mass is 474 g/mol. The summed E-state index contributed by atoms with van der Waals surface area (Å²) in [6, 6.07) is 15.5. The highest BCUT2D eigenvalue weighted by Crippen LogP contribution is 2.24. The van der Waals surface area contributed by atoms with E-state index in [4.69, 9.17) is 33.4 Å². The lowest BCUT2D eigenvalue weighted by molar-refractivity contribution is 0.579. The normalized spacial score (nSPS) is 11.2. The van der Waals surface area contributed by atoms with Crippen molar-refractivity contribution in [1.82, 2.24) is 40.5 Å². The van der Waals surface area contributed by atoms with Gasteiger partial charge in [0.2, 0.25) is 5.16 Å². The van der Waals surface area contributed by atoms with Crippen molar-refractivity contribution < 1.29 is 0 Å². The van der Waals surface area contributed by atoms with Crippen LogP contribution in [-0.2, 0) is 20.1 Å². The third-order valence-corrected chi connectivity index (χ3v) is 6.08. The molecule has 0 atom stereocenters. The van der Waals surface area contributed by atoms with Crippen LogP contribution in [0.15, 0.2) is 53.7 Å². The largest absolute Gasteiger partial charge is 0.310 e. The maximum absolute atomic E-state index is 6.33. The zero-order chi connectivity index (χ0) is 21.6. The van der Waals surface area contributed by atoms with E-state index in [-0.39, 0.29) is 0 Å². The molecule has 0 saturated heterocycles. The van der Waals surface area contributed by atoms with Gasteiger partial charge in [0, 0.05) is 41.5 Å². The minimum atomic E-state index is 0.463. The van der Waals surface area contributed by atoms with E-state index in [1.165, 1.54) is 0 Å². The fourth-order valence-corrected chi connectivity index (χ4v) is 4.17. The van der Waals surface area contributed by atoms with Crippen LogP contribution in [0.3, 0.4) is 0 Å². The molecule has 1 N–H and O–H groups in total. The predicted molar refractivity (Wildman–Crippen MR) is 122 cm³/mol. The van der Waals surface area contributed by atoms with Crippen molar-refractivity contribution in [3.8, 4) is 11.3 Å². The van der Waals surface area contributed by atoms with Crippen molar-refractivity contribution in [3.05, 3.63) is 69.8 Å². The summed E-state index contributed by atoms with van der Waals surface area (Å²) in [7, 11) is 1.83. The van der Waals surface area contributed by atoms with Crippen molar-refractivity contribution in [3.63, 3.8) is 0 Å². The van der Waals surface area contributed by atoms with Gasteiger partial charge in [0.15, 0.2) is 0 Å². The maximum atomic E-state index is 6.33. The molecule has 4 aromatic rings. The lowest BCUT2D eigenvalue weighted by atomic mass is 10.1. The van der Waals surface area contributed by atoms with Gasteiger partial charge < -0.3 is 5.32 Å². The summed E-state index contributed by atoms with van der Waals surface area (Å²) < 4.78 is 1.66. The summed E-state index contributed by atoms with van der Waals surface area (Å²) >= 11 is 13.9. The first kappa shape index (κ1) is 21.8. The molecule has 0 spiro atoms. The molecule has 0 fully saturated rings. The highest BCUT2D eigenvalue weighted by molar-refractivity contribution is 7.99. The van der Waals surface area contributed by atoms with E-state index in [1.54, 1.807) is 27.3 Å². The van der Waals surface area contributed by atoms with Gasteiger partial charge in [0.1, 0.15) is 11.4 Å². The van der Waals surface area contributed by atoms with Gasteiger partial charge in [-0.15, -0.1) is 5.10 Å². The average molecular weight is 475 g/mol. The maximum Gasteiger partial charge on any atom is 0.209 e. The summed E-state index contributed by atoms with van der Waals surface area (Å²) in [4.78, 5) is 1.68. The summed E-state index contributed by atoms with van der Waals surface area (Å²) in [6.07, 6.45) is 0. The number of halogens is 2. The van der Waals surface area contributed by atoms with Gasteiger partial charge in [-0.05, 0) is 28.1 Å². The van der Waals surface area contributed by atoms with Gasteiger partial charge in [-0.25, -0.2) is 4.68 Å². The Hall–Kier alpha value is -2.46. The van der Waals surface area contributed by atoms with Crippen molar-refractivity contribution in [1.29, 1.82) is 0 Å². The zero-order valence-electron chi connectivity index (χ0n) is 16.7. The lowest BCUT2D eigenvalue weighted by Gasteiger charge is -2.04. The highest BCUT2D eigenvalue weighted by atomic mass is 35.5. The van der Waals surface area contributed by atoms with Crippen LogP contribution in [0.25, 0.3) is 11.3 Å². The number of rotatable bonds is 9. The number of aryl methyl sites for hydroxylation is 1. The van der Waals surface area contributed by atoms with Crippen molar-refractivity contribution in [2.75, 3.05) is 12.3 Å². The molecule has 160 valence electrons. The summed E-state index contributed by atoms with van der Waals surface area (Å²) in [5.74, 6) is 0.837. The smallest absolute Gasteiger partial charge is 0.209 e. The molecule has 0 unspecified atom stereocenters. The molecule has 0 aliphatic heterocycles. The van der Waals surface area contributed by atoms with E-state index in [9.17, 15) is 0 Å². The molecule has 2 heterocycles. The topological polar surface area (TPSA) is 86.3 Å². The fourth-order valence-electron chi connectivity index (χ4n) is 2.96. The van der Waals surface area contributed by atoms with Crippen LogP contribution in [0.4, 0.5) is 0 Å². The molecule has 0 amide bonds.